The first-order chi connectivity index (χ1) is 16.8. The summed E-state index contributed by atoms with van der Waals surface area (Å²) in [6.45, 7) is 0. The fourth-order valence-electron chi connectivity index (χ4n) is 4.82. The van der Waals surface area contributed by atoms with Crippen LogP contribution in [0.2, 0.25) is 5.02 Å². The standard InChI is InChI=1S/C30H18ClNS2/c31-19-13-15-22-24-18-21(14-16-27(24)34-29(22)17-19)32(20-7-2-1-3-8-20)25-10-6-12-28-30(25)23-9-4-5-11-26(23)33-28/h1-18H. The van der Waals surface area contributed by atoms with Gasteiger partial charge in [-0.05, 0) is 60.7 Å². The van der Waals surface area contributed by atoms with Crippen molar-refractivity contribution in [3.05, 3.63) is 114 Å². The van der Waals surface area contributed by atoms with Gasteiger partial charge in [0.05, 0.1) is 5.69 Å². The normalized spacial score (nSPS) is 11.7. The van der Waals surface area contributed by atoms with Crippen LogP contribution in [-0.4, -0.2) is 0 Å². The molecule has 0 aliphatic carbocycles. The van der Waals surface area contributed by atoms with E-state index in [4.69, 9.17) is 11.6 Å². The van der Waals surface area contributed by atoms with Crippen LogP contribution in [0.3, 0.4) is 0 Å². The van der Waals surface area contributed by atoms with E-state index in [1.807, 2.05) is 17.4 Å². The first-order valence-electron chi connectivity index (χ1n) is 11.1. The van der Waals surface area contributed by atoms with Crippen molar-refractivity contribution in [3.63, 3.8) is 0 Å². The molecular weight excluding hydrogens is 474 g/mol. The lowest BCUT2D eigenvalue weighted by molar-refractivity contribution is 1.31. The molecule has 7 aromatic rings. The molecule has 0 amide bonds. The van der Waals surface area contributed by atoms with Gasteiger partial charge in [0.15, 0.2) is 0 Å². The first-order valence-corrected chi connectivity index (χ1v) is 13.1. The average molecular weight is 492 g/mol. The van der Waals surface area contributed by atoms with Gasteiger partial charge in [-0.1, -0.05) is 60.1 Å². The lowest BCUT2D eigenvalue weighted by atomic mass is 10.1. The van der Waals surface area contributed by atoms with Crippen molar-refractivity contribution in [1.29, 1.82) is 0 Å². The Labute approximate surface area is 210 Å². The SMILES string of the molecule is Clc1ccc2c(c1)sc1ccc(N(c3ccccc3)c3cccc4sc5ccccc5c34)cc12. The molecule has 5 aromatic carbocycles. The molecule has 7 rings (SSSR count). The molecule has 4 heteroatoms. The Morgan fingerprint density at radius 1 is 0.500 bits per heavy atom. The van der Waals surface area contributed by atoms with Crippen molar-refractivity contribution in [2.75, 3.05) is 4.90 Å². The molecule has 0 bridgehead atoms. The first kappa shape index (κ1) is 20.0. The summed E-state index contributed by atoms with van der Waals surface area (Å²) in [5, 5.41) is 5.89. The second kappa shape index (κ2) is 7.85. The molecule has 0 aliphatic rings. The van der Waals surface area contributed by atoms with Gasteiger partial charge in [-0.25, -0.2) is 0 Å². The van der Waals surface area contributed by atoms with Crippen LogP contribution in [0.15, 0.2) is 109 Å². The molecule has 0 spiro atoms. The Hall–Kier alpha value is -3.37. The van der Waals surface area contributed by atoms with Crippen molar-refractivity contribution in [1.82, 2.24) is 0 Å². The molecule has 0 saturated carbocycles. The molecular formula is C30H18ClNS2. The highest BCUT2D eigenvalue weighted by Gasteiger charge is 2.19. The number of fused-ring (bicyclic) bond motifs is 6. The molecule has 2 aromatic heterocycles. The summed E-state index contributed by atoms with van der Waals surface area (Å²) >= 11 is 9.93. The van der Waals surface area contributed by atoms with Crippen molar-refractivity contribution in [3.8, 4) is 0 Å². The topological polar surface area (TPSA) is 3.24 Å². The number of anilines is 3. The lowest BCUT2D eigenvalue weighted by Gasteiger charge is -2.26. The van der Waals surface area contributed by atoms with E-state index in [2.05, 4.69) is 108 Å². The largest absolute Gasteiger partial charge is 0.310 e. The molecule has 162 valence electrons. The van der Waals surface area contributed by atoms with E-state index >= 15 is 0 Å². The highest BCUT2D eigenvalue weighted by atomic mass is 35.5. The van der Waals surface area contributed by atoms with Gasteiger partial charge in [0.1, 0.15) is 0 Å². The summed E-state index contributed by atoms with van der Waals surface area (Å²) in [7, 11) is 0. The van der Waals surface area contributed by atoms with Crippen molar-refractivity contribution in [2.45, 2.75) is 0 Å². The number of hydrogen-bond donors (Lipinski definition) is 0. The van der Waals surface area contributed by atoms with E-state index in [1.54, 1.807) is 11.3 Å². The summed E-state index contributed by atoms with van der Waals surface area (Å²) in [5.74, 6) is 0. The van der Waals surface area contributed by atoms with Crippen LogP contribution in [0.1, 0.15) is 0 Å². The van der Waals surface area contributed by atoms with Gasteiger partial charge >= 0.3 is 0 Å². The molecule has 34 heavy (non-hydrogen) atoms. The van der Waals surface area contributed by atoms with Crippen LogP contribution in [0.5, 0.6) is 0 Å². The smallest absolute Gasteiger partial charge is 0.0554 e. The number of hydrogen-bond acceptors (Lipinski definition) is 3. The van der Waals surface area contributed by atoms with E-state index in [0.717, 1.165) is 16.4 Å². The van der Waals surface area contributed by atoms with Crippen LogP contribution in [0, 0.1) is 0 Å². The van der Waals surface area contributed by atoms with Gasteiger partial charge in [0.25, 0.3) is 0 Å². The quantitative estimate of drug-likeness (QED) is 0.237. The Bertz CT molecular complexity index is 1830. The van der Waals surface area contributed by atoms with Crippen molar-refractivity contribution in [2.24, 2.45) is 0 Å². The minimum Gasteiger partial charge on any atom is -0.310 e. The number of halogens is 1. The second-order valence-electron chi connectivity index (χ2n) is 8.34. The third-order valence-corrected chi connectivity index (χ3v) is 8.82. The number of thiophene rings is 2. The van der Waals surface area contributed by atoms with Gasteiger partial charge in [-0.2, -0.15) is 0 Å². The number of para-hydroxylation sites is 1. The van der Waals surface area contributed by atoms with E-state index in [0.29, 0.717) is 0 Å². The maximum Gasteiger partial charge on any atom is 0.0554 e. The minimum atomic E-state index is 0.779. The van der Waals surface area contributed by atoms with Crippen LogP contribution >= 0.6 is 34.3 Å². The molecule has 0 saturated heterocycles. The predicted molar refractivity (Wildman–Crippen MR) is 152 cm³/mol. The third-order valence-electron chi connectivity index (χ3n) is 6.31. The molecule has 0 radical (unpaired) electrons. The van der Waals surface area contributed by atoms with Crippen LogP contribution in [0.4, 0.5) is 17.1 Å². The van der Waals surface area contributed by atoms with E-state index in [-0.39, 0.29) is 0 Å². The van der Waals surface area contributed by atoms with E-state index in [9.17, 15) is 0 Å². The van der Waals surface area contributed by atoms with Gasteiger partial charge < -0.3 is 4.90 Å². The Balaban J connectivity index is 1.54. The summed E-state index contributed by atoms with van der Waals surface area (Å²) in [6.07, 6.45) is 0. The van der Waals surface area contributed by atoms with Gasteiger partial charge in [-0.15, -0.1) is 22.7 Å². The van der Waals surface area contributed by atoms with E-state index in [1.165, 1.54) is 46.0 Å². The highest BCUT2D eigenvalue weighted by molar-refractivity contribution is 7.26. The summed E-state index contributed by atoms with van der Waals surface area (Å²) in [4.78, 5) is 2.39. The number of rotatable bonds is 3. The molecule has 0 N–H and O–H groups in total. The highest BCUT2D eigenvalue weighted by Crippen LogP contribution is 2.46. The van der Waals surface area contributed by atoms with Gasteiger partial charge in [0, 0.05) is 56.7 Å². The molecule has 0 unspecified atom stereocenters. The molecule has 0 atom stereocenters. The summed E-state index contributed by atoms with van der Waals surface area (Å²) in [5.41, 5.74) is 3.49. The Morgan fingerprint density at radius 3 is 2.18 bits per heavy atom. The zero-order valence-corrected chi connectivity index (χ0v) is 20.4. The minimum absolute atomic E-state index is 0.779. The predicted octanol–water partition coefficient (Wildman–Crippen LogP) is 10.5. The zero-order chi connectivity index (χ0) is 22.6. The molecule has 0 aliphatic heterocycles. The fraction of sp³-hybridized carbons (Fsp3) is 0. The maximum absolute atomic E-state index is 6.28. The Kier molecular flexibility index (Phi) is 4.63. The number of nitrogens with zero attached hydrogens (tertiary/aromatic N) is 1. The lowest BCUT2D eigenvalue weighted by Crippen LogP contribution is -2.10. The van der Waals surface area contributed by atoms with Gasteiger partial charge in [0.2, 0.25) is 0 Å². The Morgan fingerprint density at radius 2 is 1.26 bits per heavy atom. The zero-order valence-electron chi connectivity index (χ0n) is 18.0. The van der Waals surface area contributed by atoms with Crippen LogP contribution < -0.4 is 4.90 Å². The van der Waals surface area contributed by atoms with E-state index < -0.39 is 0 Å². The average Bonchev–Trinajstić information content (AvgIpc) is 3.42. The number of benzene rings is 5. The fourth-order valence-corrected chi connectivity index (χ4v) is 7.31. The van der Waals surface area contributed by atoms with Gasteiger partial charge in [-0.3, -0.25) is 0 Å². The van der Waals surface area contributed by atoms with Crippen LogP contribution in [0.25, 0.3) is 40.3 Å². The van der Waals surface area contributed by atoms with Crippen molar-refractivity contribution >= 4 is 91.7 Å². The molecule has 1 nitrogen and oxygen atoms in total. The maximum atomic E-state index is 6.28. The van der Waals surface area contributed by atoms with Crippen molar-refractivity contribution < 1.29 is 0 Å². The second-order valence-corrected chi connectivity index (χ2v) is 10.9. The van der Waals surface area contributed by atoms with Crippen LogP contribution in [-0.2, 0) is 0 Å². The molecule has 2 heterocycles. The summed E-state index contributed by atoms with van der Waals surface area (Å²) in [6, 6.07) is 39.0. The monoisotopic (exact) mass is 491 g/mol. The third kappa shape index (κ3) is 3.13. The summed E-state index contributed by atoms with van der Waals surface area (Å²) < 4.78 is 5.11. The molecule has 0 fully saturated rings.